The smallest absolute Gasteiger partial charge is 0.416 e. The third-order valence-corrected chi connectivity index (χ3v) is 6.20. The lowest BCUT2D eigenvalue weighted by Gasteiger charge is -2.17. The molecular formula is C27H25F3N2O3. The Morgan fingerprint density at radius 2 is 1.60 bits per heavy atom. The molecule has 1 aliphatic rings. The minimum atomic E-state index is -4.44. The maximum absolute atomic E-state index is 13.4. The Balaban J connectivity index is 1.58. The molecule has 0 saturated carbocycles. The molecule has 35 heavy (non-hydrogen) atoms. The third kappa shape index (κ3) is 5.16. The Bertz CT molecular complexity index is 1280. The Morgan fingerprint density at radius 3 is 2.26 bits per heavy atom. The van der Waals surface area contributed by atoms with Crippen molar-refractivity contribution >= 4 is 17.7 Å². The maximum atomic E-state index is 13.4. The summed E-state index contributed by atoms with van der Waals surface area (Å²) in [5.74, 6) is -0.363. The zero-order valence-electron chi connectivity index (χ0n) is 19.5. The quantitative estimate of drug-likeness (QED) is 0.475. The van der Waals surface area contributed by atoms with Crippen LogP contribution in [0.5, 0.6) is 0 Å². The van der Waals surface area contributed by atoms with Crippen LogP contribution in [0.2, 0.25) is 0 Å². The van der Waals surface area contributed by atoms with Crippen LogP contribution in [0.15, 0.2) is 54.6 Å². The first-order chi connectivity index (χ1) is 16.6. The molecule has 3 aromatic carbocycles. The molecule has 0 fully saturated rings. The van der Waals surface area contributed by atoms with Gasteiger partial charge in [-0.1, -0.05) is 36.4 Å². The van der Waals surface area contributed by atoms with Crippen LogP contribution < -0.4 is 10.6 Å². The van der Waals surface area contributed by atoms with E-state index in [9.17, 15) is 22.8 Å². The highest BCUT2D eigenvalue weighted by atomic mass is 19.4. The number of anilines is 1. The molecule has 3 aromatic rings. The summed E-state index contributed by atoms with van der Waals surface area (Å²) in [6.07, 6.45) is -3.63. The number of aryl methyl sites for hydroxylation is 2. The van der Waals surface area contributed by atoms with Crippen molar-refractivity contribution in [2.24, 2.45) is 0 Å². The van der Waals surface area contributed by atoms with Gasteiger partial charge in [0.25, 0.3) is 5.91 Å². The molecule has 0 saturated heterocycles. The van der Waals surface area contributed by atoms with Crippen molar-refractivity contribution in [1.29, 1.82) is 0 Å². The molecule has 2 amide bonds. The standard InChI is InChI=1S/C27H25F3N2O3/c1-15-10-19(11-16(2)24(15)27(28,29)30)22-6-4-5-7-23(22)25(33)31-20-9-8-17-12-21(14-18(17)13-20)32-26(34)35-3/h4-11,13,21H,12,14H2,1-3H3,(H,31,33)(H,32,34)/t21-/m1/s1. The molecule has 0 aromatic heterocycles. The van der Waals surface area contributed by atoms with E-state index in [1.807, 2.05) is 12.1 Å². The number of fused-ring (bicyclic) bond motifs is 1. The van der Waals surface area contributed by atoms with E-state index in [2.05, 4.69) is 15.4 Å². The molecule has 8 heteroatoms. The average Bonchev–Trinajstić information content (AvgIpc) is 3.18. The zero-order valence-corrected chi connectivity index (χ0v) is 19.5. The van der Waals surface area contributed by atoms with Gasteiger partial charge < -0.3 is 15.4 Å². The van der Waals surface area contributed by atoms with Gasteiger partial charge in [0.15, 0.2) is 0 Å². The molecular weight excluding hydrogens is 457 g/mol. The van der Waals surface area contributed by atoms with Crippen molar-refractivity contribution in [3.63, 3.8) is 0 Å². The van der Waals surface area contributed by atoms with Crippen LogP contribution in [0.1, 0.15) is 38.2 Å². The second kappa shape index (κ2) is 9.44. The van der Waals surface area contributed by atoms with Crippen LogP contribution in [-0.2, 0) is 23.8 Å². The lowest BCUT2D eigenvalue weighted by molar-refractivity contribution is -0.138. The summed E-state index contributed by atoms with van der Waals surface area (Å²) in [5, 5.41) is 5.69. The minimum absolute atomic E-state index is 0.0738. The first-order valence-corrected chi connectivity index (χ1v) is 11.1. The number of amides is 2. The number of hydrogen-bond donors (Lipinski definition) is 2. The summed E-state index contributed by atoms with van der Waals surface area (Å²) in [6.45, 7) is 2.85. The van der Waals surface area contributed by atoms with Gasteiger partial charge in [0.2, 0.25) is 0 Å². The van der Waals surface area contributed by atoms with Crippen LogP contribution in [0.4, 0.5) is 23.7 Å². The fourth-order valence-electron chi connectivity index (χ4n) is 4.72. The monoisotopic (exact) mass is 482 g/mol. The molecule has 4 rings (SSSR count). The molecule has 0 unspecified atom stereocenters. The number of methoxy groups -OCH3 is 1. The topological polar surface area (TPSA) is 67.4 Å². The fourth-order valence-corrected chi connectivity index (χ4v) is 4.72. The lowest BCUT2D eigenvalue weighted by Crippen LogP contribution is -2.35. The number of benzene rings is 3. The molecule has 0 radical (unpaired) electrons. The van der Waals surface area contributed by atoms with Crippen molar-refractivity contribution in [3.8, 4) is 11.1 Å². The molecule has 0 bridgehead atoms. The van der Waals surface area contributed by atoms with Gasteiger partial charge in [-0.25, -0.2) is 4.79 Å². The fraction of sp³-hybridized carbons (Fsp3) is 0.259. The van der Waals surface area contributed by atoms with Crippen LogP contribution in [-0.4, -0.2) is 25.2 Å². The molecule has 182 valence electrons. The summed E-state index contributed by atoms with van der Waals surface area (Å²) in [4.78, 5) is 24.7. The zero-order chi connectivity index (χ0) is 25.3. The Morgan fingerprint density at radius 1 is 0.943 bits per heavy atom. The van der Waals surface area contributed by atoms with Crippen LogP contribution in [0.3, 0.4) is 0 Å². The van der Waals surface area contributed by atoms with Gasteiger partial charge in [0.1, 0.15) is 0 Å². The summed E-state index contributed by atoms with van der Waals surface area (Å²) in [7, 11) is 1.32. The van der Waals surface area contributed by atoms with Crippen LogP contribution in [0.25, 0.3) is 11.1 Å². The van der Waals surface area contributed by atoms with Crippen molar-refractivity contribution in [1.82, 2.24) is 5.32 Å². The molecule has 5 nitrogen and oxygen atoms in total. The van der Waals surface area contributed by atoms with Crippen LogP contribution >= 0.6 is 0 Å². The second-order valence-electron chi connectivity index (χ2n) is 8.71. The molecule has 0 spiro atoms. The van der Waals surface area contributed by atoms with E-state index in [0.29, 0.717) is 35.2 Å². The van der Waals surface area contributed by atoms with Gasteiger partial charge in [-0.05, 0) is 78.3 Å². The first-order valence-electron chi connectivity index (χ1n) is 11.1. The van der Waals surface area contributed by atoms with Gasteiger partial charge in [-0.2, -0.15) is 13.2 Å². The number of alkyl carbamates (subject to hydrolysis) is 1. The van der Waals surface area contributed by atoms with Crippen LogP contribution in [0, 0.1) is 13.8 Å². The average molecular weight is 483 g/mol. The van der Waals surface area contributed by atoms with Crippen molar-refractivity contribution < 1.29 is 27.5 Å². The summed E-state index contributed by atoms with van der Waals surface area (Å²) < 4.78 is 44.9. The molecule has 2 N–H and O–H groups in total. The third-order valence-electron chi connectivity index (χ3n) is 6.20. The highest BCUT2D eigenvalue weighted by molar-refractivity contribution is 6.08. The normalized spacial score (nSPS) is 14.9. The van der Waals surface area contributed by atoms with E-state index >= 15 is 0 Å². The largest absolute Gasteiger partial charge is 0.453 e. The van der Waals surface area contributed by atoms with Crippen molar-refractivity contribution in [2.75, 3.05) is 12.4 Å². The molecule has 0 heterocycles. The van der Waals surface area contributed by atoms with Gasteiger partial charge >= 0.3 is 12.3 Å². The second-order valence-corrected chi connectivity index (χ2v) is 8.71. The van der Waals surface area contributed by atoms with E-state index in [1.54, 1.807) is 30.3 Å². The van der Waals surface area contributed by atoms with E-state index in [0.717, 1.165) is 11.1 Å². The summed E-state index contributed by atoms with van der Waals surface area (Å²) >= 11 is 0. The SMILES string of the molecule is COC(=O)N[C@@H]1Cc2ccc(NC(=O)c3ccccc3-c3cc(C)c(C(F)(F)F)c(C)c3)cc2C1. The van der Waals surface area contributed by atoms with Gasteiger partial charge in [0, 0.05) is 17.3 Å². The highest BCUT2D eigenvalue weighted by Gasteiger charge is 2.34. The van der Waals surface area contributed by atoms with E-state index in [-0.39, 0.29) is 23.1 Å². The van der Waals surface area contributed by atoms with Gasteiger partial charge in [-0.3, -0.25) is 4.79 Å². The van der Waals surface area contributed by atoms with Gasteiger partial charge in [0.05, 0.1) is 12.7 Å². The number of ether oxygens (including phenoxy) is 1. The summed E-state index contributed by atoms with van der Waals surface area (Å²) in [6, 6.07) is 15.3. The highest BCUT2D eigenvalue weighted by Crippen LogP contribution is 2.37. The Kier molecular flexibility index (Phi) is 6.56. The van der Waals surface area contributed by atoms with E-state index < -0.39 is 17.8 Å². The first kappa shape index (κ1) is 24.3. The number of carbonyl (C=O) groups is 2. The van der Waals surface area contributed by atoms with Crippen molar-refractivity contribution in [2.45, 2.75) is 38.9 Å². The van der Waals surface area contributed by atoms with Gasteiger partial charge in [-0.15, -0.1) is 0 Å². The Labute approximate surface area is 201 Å². The summed E-state index contributed by atoms with van der Waals surface area (Å²) in [5.41, 5.74) is 3.72. The maximum Gasteiger partial charge on any atom is 0.416 e. The molecule has 0 aliphatic heterocycles. The van der Waals surface area contributed by atoms with E-state index in [4.69, 9.17) is 0 Å². The Hall–Kier alpha value is -3.81. The lowest BCUT2D eigenvalue weighted by atomic mass is 9.92. The number of carbonyl (C=O) groups excluding carboxylic acids is 2. The predicted octanol–water partition coefficient (Wildman–Crippen LogP) is 6.06. The van der Waals surface area contributed by atoms with E-state index in [1.165, 1.54) is 33.1 Å². The molecule has 1 aliphatic carbocycles. The number of alkyl halides is 3. The minimum Gasteiger partial charge on any atom is -0.453 e. The number of hydrogen-bond acceptors (Lipinski definition) is 3. The number of nitrogens with one attached hydrogen (secondary N) is 2. The predicted molar refractivity (Wildman–Crippen MR) is 127 cm³/mol. The molecule has 1 atom stereocenters. The number of rotatable bonds is 4. The number of halogens is 3. The van der Waals surface area contributed by atoms with Crippen molar-refractivity contribution in [3.05, 3.63) is 88.0 Å².